The minimum absolute atomic E-state index is 0.0994. The zero-order valence-corrected chi connectivity index (χ0v) is 13.0. The lowest BCUT2D eigenvalue weighted by Crippen LogP contribution is -2.12. The lowest BCUT2D eigenvalue weighted by atomic mass is 10.0. The Balaban J connectivity index is 1.68. The van der Waals surface area contributed by atoms with Gasteiger partial charge in [-0.3, -0.25) is 9.78 Å². The second kappa shape index (κ2) is 5.18. The van der Waals surface area contributed by atoms with Crippen molar-refractivity contribution in [1.82, 2.24) is 9.97 Å². The van der Waals surface area contributed by atoms with Gasteiger partial charge in [0.15, 0.2) is 5.13 Å². The highest BCUT2D eigenvalue weighted by Crippen LogP contribution is 2.33. The van der Waals surface area contributed by atoms with Crippen molar-refractivity contribution in [3.63, 3.8) is 0 Å². The molecule has 110 valence electrons. The minimum atomic E-state index is 0.0994. The second-order valence-corrected chi connectivity index (χ2v) is 6.69. The molecule has 0 unspecified atom stereocenters. The Morgan fingerprint density at radius 2 is 2.18 bits per heavy atom. The van der Waals surface area contributed by atoms with Crippen molar-refractivity contribution in [2.24, 2.45) is 5.92 Å². The van der Waals surface area contributed by atoms with Crippen LogP contribution in [0.4, 0.5) is 5.13 Å². The third-order valence-corrected chi connectivity index (χ3v) is 4.87. The smallest absolute Gasteiger partial charge is 0.229 e. The summed E-state index contributed by atoms with van der Waals surface area (Å²) in [6, 6.07) is 8.20. The number of hydrogen-bond donors (Lipinski definition) is 1. The van der Waals surface area contributed by atoms with Crippen molar-refractivity contribution < 1.29 is 4.79 Å². The molecule has 22 heavy (non-hydrogen) atoms. The van der Waals surface area contributed by atoms with Crippen LogP contribution in [0.25, 0.3) is 21.3 Å². The van der Waals surface area contributed by atoms with Gasteiger partial charge in [0.2, 0.25) is 5.91 Å². The van der Waals surface area contributed by atoms with E-state index in [1.165, 1.54) is 16.9 Å². The van der Waals surface area contributed by atoms with E-state index in [2.05, 4.69) is 40.4 Å². The maximum absolute atomic E-state index is 11.8. The first-order chi connectivity index (χ1) is 10.7. The van der Waals surface area contributed by atoms with Crippen molar-refractivity contribution in [2.75, 3.05) is 5.32 Å². The zero-order valence-electron chi connectivity index (χ0n) is 12.2. The van der Waals surface area contributed by atoms with E-state index in [-0.39, 0.29) is 11.8 Å². The highest BCUT2D eigenvalue weighted by atomic mass is 32.1. The van der Waals surface area contributed by atoms with Crippen LogP contribution in [0.15, 0.2) is 36.7 Å². The number of thiazole rings is 1. The van der Waals surface area contributed by atoms with E-state index < -0.39 is 0 Å². The molecule has 0 aliphatic heterocycles. The number of fused-ring (bicyclic) bond motifs is 1. The first-order valence-corrected chi connectivity index (χ1v) is 8.15. The molecule has 1 fully saturated rings. The number of carbonyl (C=O) groups is 1. The Morgan fingerprint density at radius 1 is 1.32 bits per heavy atom. The summed E-state index contributed by atoms with van der Waals surface area (Å²) >= 11 is 1.52. The van der Waals surface area contributed by atoms with Crippen LogP contribution in [0.3, 0.4) is 0 Å². The maximum Gasteiger partial charge on any atom is 0.229 e. The molecule has 0 bridgehead atoms. The van der Waals surface area contributed by atoms with Gasteiger partial charge in [-0.2, -0.15) is 0 Å². The van der Waals surface area contributed by atoms with Crippen molar-refractivity contribution in [3.8, 4) is 11.1 Å². The Morgan fingerprint density at radius 3 is 2.95 bits per heavy atom. The largest absolute Gasteiger partial charge is 0.302 e. The van der Waals surface area contributed by atoms with Crippen LogP contribution in [0, 0.1) is 12.8 Å². The molecular formula is C17H15N3OS. The fraction of sp³-hybridized carbons (Fsp3) is 0.235. The number of nitrogens with zero attached hydrogens (tertiary/aromatic N) is 2. The zero-order chi connectivity index (χ0) is 15.1. The topological polar surface area (TPSA) is 54.9 Å². The molecule has 1 saturated carbocycles. The van der Waals surface area contributed by atoms with Crippen LogP contribution in [-0.2, 0) is 4.79 Å². The number of rotatable bonds is 3. The highest BCUT2D eigenvalue weighted by molar-refractivity contribution is 7.22. The number of aromatic nitrogens is 2. The molecular weight excluding hydrogens is 294 g/mol. The van der Waals surface area contributed by atoms with Crippen LogP contribution in [0.1, 0.15) is 18.4 Å². The predicted octanol–water partition coefficient (Wildman–Crippen LogP) is 4.02. The van der Waals surface area contributed by atoms with Gasteiger partial charge < -0.3 is 5.32 Å². The first-order valence-electron chi connectivity index (χ1n) is 7.33. The molecule has 0 radical (unpaired) electrons. The molecule has 4 rings (SSSR count). The van der Waals surface area contributed by atoms with E-state index in [0.29, 0.717) is 5.13 Å². The number of hydrogen-bond acceptors (Lipinski definition) is 4. The van der Waals surface area contributed by atoms with E-state index in [9.17, 15) is 4.79 Å². The average molecular weight is 309 g/mol. The Bertz CT molecular complexity index is 867. The lowest BCUT2D eigenvalue weighted by Gasteiger charge is -2.04. The molecule has 1 N–H and O–H groups in total. The van der Waals surface area contributed by atoms with Crippen LogP contribution in [0.5, 0.6) is 0 Å². The molecule has 3 aromatic rings. The van der Waals surface area contributed by atoms with Gasteiger partial charge in [-0.1, -0.05) is 17.4 Å². The van der Waals surface area contributed by atoms with E-state index in [4.69, 9.17) is 0 Å². The molecule has 0 atom stereocenters. The first kappa shape index (κ1) is 13.4. The third-order valence-electron chi connectivity index (χ3n) is 3.92. The van der Waals surface area contributed by atoms with Gasteiger partial charge in [-0.15, -0.1) is 0 Å². The Kier molecular flexibility index (Phi) is 3.15. The molecule has 1 aromatic carbocycles. The summed E-state index contributed by atoms with van der Waals surface area (Å²) in [5.74, 6) is 0.294. The monoisotopic (exact) mass is 309 g/mol. The molecule has 5 heteroatoms. The molecule has 2 heterocycles. The number of carbonyl (C=O) groups excluding carboxylic acids is 1. The second-order valence-electron chi connectivity index (χ2n) is 5.66. The predicted molar refractivity (Wildman–Crippen MR) is 88.9 cm³/mol. The van der Waals surface area contributed by atoms with E-state index in [1.54, 1.807) is 6.20 Å². The SMILES string of the molecule is Cc1ccncc1-c1ccc2sc(NC(=O)C3CC3)nc2c1. The van der Waals surface area contributed by atoms with Crippen LogP contribution >= 0.6 is 11.3 Å². The number of nitrogens with one attached hydrogen (secondary N) is 1. The quantitative estimate of drug-likeness (QED) is 0.795. The number of pyridine rings is 1. The molecule has 2 aromatic heterocycles. The Labute approximate surface area is 132 Å². The molecule has 4 nitrogen and oxygen atoms in total. The normalized spacial score (nSPS) is 14.2. The summed E-state index contributed by atoms with van der Waals surface area (Å²) in [5, 5.41) is 3.61. The van der Waals surface area contributed by atoms with Gasteiger partial charge >= 0.3 is 0 Å². The Hall–Kier alpha value is -2.27. The van der Waals surface area contributed by atoms with Crippen molar-refractivity contribution >= 4 is 32.6 Å². The van der Waals surface area contributed by atoms with Gasteiger partial charge in [0.1, 0.15) is 0 Å². The molecule has 1 aliphatic carbocycles. The third kappa shape index (κ3) is 2.48. The van der Waals surface area contributed by atoms with Gasteiger partial charge in [0, 0.05) is 23.9 Å². The standard InChI is InChI=1S/C17H15N3OS/c1-10-6-7-18-9-13(10)12-4-5-15-14(8-12)19-17(22-15)20-16(21)11-2-3-11/h4-9,11H,2-3H2,1H3,(H,19,20,21). The fourth-order valence-corrected chi connectivity index (χ4v) is 3.32. The number of benzene rings is 1. The molecule has 1 amide bonds. The molecule has 1 aliphatic rings. The fourth-order valence-electron chi connectivity index (χ4n) is 2.47. The van der Waals surface area contributed by atoms with Gasteiger partial charge in [-0.05, 0) is 49.1 Å². The maximum atomic E-state index is 11.8. The molecule has 0 saturated heterocycles. The summed E-state index contributed by atoms with van der Waals surface area (Å²) in [6.45, 7) is 2.07. The van der Waals surface area contributed by atoms with E-state index in [0.717, 1.165) is 34.2 Å². The van der Waals surface area contributed by atoms with Crippen molar-refractivity contribution in [3.05, 3.63) is 42.2 Å². The number of amides is 1. The summed E-state index contributed by atoms with van der Waals surface area (Å²) in [6.07, 6.45) is 5.67. The van der Waals surface area contributed by atoms with Gasteiger partial charge in [0.05, 0.1) is 10.2 Å². The number of anilines is 1. The van der Waals surface area contributed by atoms with E-state index >= 15 is 0 Å². The summed E-state index contributed by atoms with van der Waals surface area (Å²) in [4.78, 5) is 20.6. The van der Waals surface area contributed by atoms with Crippen LogP contribution in [0.2, 0.25) is 0 Å². The lowest BCUT2D eigenvalue weighted by molar-refractivity contribution is -0.117. The van der Waals surface area contributed by atoms with Crippen molar-refractivity contribution in [2.45, 2.75) is 19.8 Å². The van der Waals surface area contributed by atoms with Crippen LogP contribution < -0.4 is 5.32 Å². The average Bonchev–Trinajstić information content (AvgIpc) is 3.28. The minimum Gasteiger partial charge on any atom is -0.302 e. The highest BCUT2D eigenvalue weighted by Gasteiger charge is 2.30. The van der Waals surface area contributed by atoms with Crippen LogP contribution in [-0.4, -0.2) is 15.9 Å². The van der Waals surface area contributed by atoms with Gasteiger partial charge in [0.25, 0.3) is 0 Å². The van der Waals surface area contributed by atoms with Crippen molar-refractivity contribution in [1.29, 1.82) is 0 Å². The van der Waals surface area contributed by atoms with Gasteiger partial charge in [-0.25, -0.2) is 4.98 Å². The summed E-state index contributed by atoms with van der Waals surface area (Å²) < 4.78 is 1.08. The number of aryl methyl sites for hydroxylation is 1. The van der Waals surface area contributed by atoms with E-state index in [1.807, 2.05) is 12.3 Å². The molecule has 0 spiro atoms. The summed E-state index contributed by atoms with van der Waals surface area (Å²) in [7, 11) is 0. The summed E-state index contributed by atoms with van der Waals surface area (Å²) in [5.41, 5.74) is 4.31.